The molecule has 0 bridgehead atoms. The van der Waals surface area contributed by atoms with Gasteiger partial charge in [0.25, 0.3) is 11.6 Å². The first kappa shape index (κ1) is 23.5. The number of hydrogen-bond acceptors (Lipinski definition) is 5. The summed E-state index contributed by atoms with van der Waals surface area (Å²) in [5.41, 5.74) is 3.40. The zero-order valence-electron chi connectivity index (χ0n) is 19.7. The predicted molar refractivity (Wildman–Crippen MR) is 126 cm³/mol. The maximum atomic E-state index is 13.9. The van der Waals surface area contributed by atoms with Crippen molar-refractivity contribution in [2.24, 2.45) is 0 Å². The van der Waals surface area contributed by atoms with Crippen LogP contribution in [0.3, 0.4) is 0 Å². The van der Waals surface area contributed by atoms with Crippen LogP contribution in [0.4, 0.5) is 4.39 Å². The molecule has 1 aromatic carbocycles. The van der Waals surface area contributed by atoms with E-state index in [9.17, 15) is 9.18 Å². The predicted octanol–water partition coefficient (Wildman–Crippen LogP) is 4.24. The van der Waals surface area contributed by atoms with Crippen molar-refractivity contribution < 1.29 is 13.9 Å². The van der Waals surface area contributed by atoms with E-state index in [-0.39, 0.29) is 30.1 Å². The Balaban J connectivity index is 1.33. The number of aryl methyl sites for hydroxylation is 1. The lowest BCUT2D eigenvalue weighted by molar-refractivity contribution is -0.00437. The van der Waals surface area contributed by atoms with Gasteiger partial charge in [0.05, 0.1) is 25.5 Å². The van der Waals surface area contributed by atoms with E-state index in [0.717, 1.165) is 68.4 Å². The highest BCUT2D eigenvalue weighted by atomic mass is 19.1. The van der Waals surface area contributed by atoms with E-state index in [4.69, 9.17) is 9.47 Å². The van der Waals surface area contributed by atoms with Gasteiger partial charge in [-0.05, 0) is 51.5 Å². The van der Waals surface area contributed by atoms with Crippen LogP contribution in [0.1, 0.15) is 55.8 Å². The summed E-state index contributed by atoms with van der Waals surface area (Å²) >= 11 is 0. The zero-order chi connectivity index (χ0) is 23.4. The van der Waals surface area contributed by atoms with Crippen LogP contribution in [-0.4, -0.2) is 40.3 Å². The van der Waals surface area contributed by atoms with Crippen molar-refractivity contribution in [1.29, 1.82) is 0 Å². The molecule has 1 aliphatic carbocycles. The number of methoxy groups -OCH3 is 1. The molecule has 33 heavy (non-hydrogen) atoms. The lowest BCUT2D eigenvalue weighted by Crippen LogP contribution is -2.42. The second-order valence-electron chi connectivity index (χ2n) is 9.11. The van der Waals surface area contributed by atoms with Crippen molar-refractivity contribution in [2.75, 3.05) is 13.7 Å². The van der Waals surface area contributed by atoms with Crippen molar-refractivity contribution in [1.82, 2.24) is 14.5 Å². The third-order valence-electron chi connectivity index (χ3n) is 6.80. The Hall–Kier alpha value is -2.67. The Labute approximate surface area is 195 Å². The van der Waals surface area contributed by atoms with Gasteiger partial charge in [-0.1, -0.05) is 24.8 Å². The quantitative estimate of drug-likeness (QED) is 0.596. The zero-order valence-corrected chi connectivity index (χ0v) is 19.7. The van der Waals surface area contributed by atoms with E-state index in [2.05, 4.69) is 23.4 Å². The fraction of sp³-hybridized carbons (Fsp3) is 0.538. The van der Waals surface area contributed by atoms with Crippen LogP contribution < -0.4 is 10.3 Å². The average Bonchev–Trinajstić information content (AvgIpc) is 2.81. The van der Waals surface area contributed by atoms with Crippen LogP contribution in [0.25, 0.3) is 0 Å². The molecule has 0 amide bonds. The standard InChI is InChI=1S/C26H34FN3O3/c1-18-15-21(33-17-20-9-4-6-11-23(20)27)16-19(2)29(18)13-8-14-30-25(31)22-10-5-7-12-24(22)28-26(30)32-3/h4,6,9,11,19,21H,1,5,7-8,10,12-17H2,2-3H3. The summed E-state index contributed by atoms with van der Waals surface area (Å²) in [4.78, 5) is 19.9. The number of benzene rings is 1. The highest BCUT2D eigenvalue weighted by Gasteiger charge is 2.28. The summed E-state index contributed by atoms with van der Waals surface area (Å²) in [6, 6.07) is 7.40. The molecule has 2 heterocycles. The molecule has 0 radical (unpaired) electrons. The minimum absolute atomic E-state index is 0.0240. The molecule has 2 aliphatic rings. The number of ether oxygens (including phenoxy) is 2. The number of fused-ring (bicyclic) bond motifs is 1. The molecule has 2 unspecified atom stereocenters. The number of likely N-dealkylation sites (tertiary alicyclic amines) is 1. The molecule has 0 spiro atoms. The minimum Gasteiger partial charge on any atom is -0.468 e. The monoisotopic (exact) mass is 455 g/mol. The number of aromatic nitrogens is 2. The van der Waals surface area contributed by atoms with Gasteiger partial charge in [-0.2, -0.15) is 0 Å². The summed E-state index contributed by atoms with van der Waals surface area (Å²) in [6.07, 6.45) is 6.18. The summed E-state index contributed by atoms with van der Waals surface area (Å²) in [6.45, 7) is 8.06. The first-order valence-corrected chi connectivity index (χ1v) is 11.9. The van der Waals surface area contributed by atoms with Crippen LogP contribution in [0, 0.1) is 5.82 Å². The first-order valence-electron chi connectivity index (χ1n) is 11.9. The second kappa shape index (κ2) is 10.5. The molecule has 1 aliphatic heterocycles. The Morgan fingerprint density at radius 2 is 2.00 bits per heavy atom. The summed E-state index contributed by atoms with van der Waals surface area (Å²) in [5, 5.41) is 0. The Kier molecular flexibility index (Phi) is 7.48. The smallest absolute Gasteiger partial charge is 0.299 e. The van der Waals surface area contributed by atoms with E-state index < -0.39 is 0 Å². The number of piperidine rings is 1. The molecule has 2 aromatic rings. The lowest BCUT2D eigenvalue weighted by Gasteiger charge is -2.41. The molecule has 1 aromatic heterocycles. The van der Waals surface area contributed by atoms with Gasteiger partial charge in [0.15, 0.2) is 0 Å². The van der Waals surface area contributed by atoms with E-state index in [1.807, 2.05) is 6.07 Å². The molecule has 178 valence electrons. The molecule has 0 saturated carbocycles. The van der Waals surface area contributed by atoms with Gasteiger partial charge in [0, 0.05) is 42.4 Å². The third-order valence-corrected chi connectivity index (χ3v) is 6.80. The largest absolute Gasteiger partial charge is 0.468 e. The Morgan fingerprint density at radius 3 is 2.76 bits per heavy atom. The SMILES string of the molecule is C=C1CC(OCc2ccccc2F)CC(C)N1CCCn1c(OC)nc2c(c1=O)CCCC2. The molecular weight excluding hydrogens is 421 g/mol. The maximum absolute atomic E-state index is 13.9. The van der Waals surface area contributed by atoms with E-state index in [1.165, 1.54) is 6.07 Å². The Morgan fingerprint density at radius 1 is 1.21 bits per heavy atom. The van der Waals surface area contributed by atoms with Crippen LogP contribution >= 0.6 is 0 Å². The van der Waals surface area contributed by atoms with Crippen LogP contribution in [0.2, 0.25) is 0 Å². The van der Waals surface area contributed by atoms with Crippen molar-refractivity contribution in [3.05, 3.63) is 69.5 Å². The Bertz CT molecular complexity index is 1050. The molecule has 4 rings (SSSR count). The number of hydrogen-bond donors (Lipinski definition) is 0. The topological polar surface area (TPSA) is 56.6 Å². The van der Waals surface area contributed by atoms with Crippen molar-refractivity contribution in [3.8, 4) is 6.01 Å². The van der Waals surface area contributed by atoms with Gasteiger partial charge < -0.3 is 14.4 Å². The van der Waals surface area contributed by atoms with Crippen LogP contribution in [-0.2, 0) is 30.7 Å². The first-order chi connectivity index (χ1) is 16.0. The molecule has 1 saturated heterocycles. The van der Waals surface area contributed by atoms with Gasteiger partial charge in [0.2, 0.25) is 0 Å². The van der Waals surface area contributed by atoms with Gasteiger partial charge in [0.1, 0.15) is 5.82 Å². The van der Waals surface area contributed by atoms with E-state index in [1.54, 1.807) is 23.8 Å². The molecule has 0 N–H and O–H groups in total. The van der Waals surface area contributed by atoms with Crippen molar-refractivity contribution in [2.45, 2.75) is 77.2 Å². The fourth-order valence-corrected chi connectivity index (χ4v) is 5.03. The van der Waals surface area contributed by atoms with Gasteiger partial charge >= 0.3 is 0 Å². The van der Waals surface area contributed by atoms with Gasteiger partial charge in [-0.25, -0.2) is 9.37 Å². The number of nitrogens with zero attached hydrogens (tertiary/aromatic N) is 3. The van der Waals surface area contributed by atoms with Crippen molar-refractivity contribution in [3.63, 3.8) is 0 Å². The molecule has 7 heteroatoms. The summed E-state index contributed by atoms with van der Waals surface area (Å²) in [5.74, 6) is -0.232. The number of rotatable bonds is 8. The maximum Gasteiger partial charge on any atom is 0.299 e. The summed E-state index contributed by atoms with van der Waals surface area (Å²) < 4.78 is 27.0. The fourth-order valence-electron chi connectivity index (χ4n) is 5.03. The number of halogens is 1. The van der Waals surface area contributed by atoms with Crippen LogP contribution in [0.15, 0.2) is 41.3 Å². The lowest BCUT2D eigenvalue weighted by atomic mass is 9.97. The van der Waals surface area contributed by atoms with Crippen LogP contribution in [0.5, 0.6) is 6.01 Å². The molecule has 1 fully saturated rings. The summed E-state index contributed by atoms with van der Waals surface area (Å²) in [7, 11) is 1.57. The normalized spacial score (nSPS) is 20.6. The molecular formula is C26H34FN3O3. The molecule has 6 nitrogen and oxygen atoms in total. The second-order valence-corrected chi connectivity index (χ2v) is 9.11. The van der Waals surface area contributed by atoms with E-state index in [0.29, 0.717) is 18.1 Å². The van der Waals surface area contributed by atoms with Gasteiger partial charge in [-0.15, -0.1) is 0 Å². The minimum atomic E-state index is -0.232. The highest BCUT2D eigenvalue weighted by molar-refractivity contribution is 5.23. The molecule has 2 atom stereocenters. The van der Waals surface area contributed by atoms with E-state index >= 15 is 0 Å². The average molecular weight is 456 g/mol. The highest BCUT2D eigenvalue weighted by Crippen LogP contribution is 2.28. The third kappa shape index (κ3) is 5.29. The van der Waals surface area contributed by atoms with Gasteiger partial charge in [-0.3, -0.25) is 9.36 Å². The van der Waals surface area contributed by atoms with Crippen molar-refractivity contribution >= 4 is 0 Å².